The van der Waals surface area contributed by atoms with Gasteiger partial charge in [0.2, 0.25) is 0 Å². The van der Waals surface area contributed by atoms with E-state index in [1.807, 2.05) is 12.1 Å². The minimum absolute atomic E-state index is 0.00590. The van der Waals surface area contributed by atoms with Gasteiger partial charge in [0, 0.05) is 50.9 Å². The molecule has 0 aliphatic carbocycles. The highest BCUT2D eigenvalue weighted by Gasteiger charge is 2.34. The van der Waals surface area contributed by atoms with E-state index in [0.717, 1.165) is 38.2 Å². The second-order valence-electron chi connectivity index (χ2n) is 8.63. The second-order valence-corrected chi connectivity index (χ2v) is 9.04. The number of benzene rings is 1. The van der Waals surface area contributed by atoms with Crippen LogP contribution in [-0.2, 0) is 6.54 Å². The van der Waals surface area contributed by atoms with E-state index < -0.39 is 0 Å². The Morgan fingerprint density at radius 2 is 1.90 bits per heavy atom. The number of aliphatic hydroxyl groups is 1. The zero-order valence-electron chi connectivity index (χ0n) is 18.0. The molecule has 2 aliphatic rings. The number of phenolic OH excluding ortho intramolecular Hbond substituents is 1. The van der Waals surface area contributed by atoms with Gasteiger partial charge in [0.05, 0.1) is 12.1 Å². The first-order chi connectivity index (χ1) is 13.9. The quantitative estimate of drug-likeness (QED) is 0.700. The molecule has 0 bridgehead atoms. The molecule has 1 aromatic rings. The van der Waals surface area contributed by atoms with Crippen LogP contribution in [0.2, 0.25) is 5.02 Å². The molecule has 1 atom stereocenters. The number of likely N-dealkylation sites (tertiary alicyclic amines) is 1. The topological polar surface area (TPSA) is 59.4 Å². The maximum atomic E-state index is 9.96. The number of methoxy groups -OCH3 is 1. The first-order valence-electron chi connectivity index (χ1n) is 10.8. The van der Waals surface area contributed by atoms with Crippen LogP contribution in [0.4, 0.5) is 0 Å². The number of halogens is 1. The molecule has 29 heavy (non-hydrogen) atoms. The van der Waals surface area contributed by atoms with Crippen LogP contribution in [0.3, 0.4) is 0 Å². The van der Waals surface area contributed by atoms with E-state index in [-0.39, 0.29) is 12.4 Å². The lowest BCUT2D eigenvalue weighted by Crippen LogP contribution is -2.58. The van der Waals surface area contributed by atoms with E-state index >= 15 is 0 Å². The Labute approximate surface area is 180 Å². The molecule has 2 saturated heterocycles. The molecule has 0 radical (unpaired) electrons. The van der Waals surface area contributed by atoms with Crippen molar-refractivity contribution in [2.24, 2.45) is 0 Å². The third-order valence-electron chi connectivity index (χ3n) is 6.49. The summed E-state index contributed by atoms with van der Waals surface area (Å²) in [6.07, 6.45) is 3.23. The molecule has 2 fully saturated rings. The smallest absolute Gasteiger partial charge is 0.176 e. The fraction of sp³-hybridized carbons (Fsp3) is 0.727. The van der Waals surface area contributed by atoms with Crippen LogP contribution in [0.15, 0.2) is 12.1 Å². The highest BCUT2D eigenvalue weighted by Crippen LogP contribution is 2.35. The molecule has 1 unspecified atom stereocenters. The van der Waals surface area contributed by atoms with Gasteiger partial charge in [-0.25, -0.2) is 0 Å². The summed E-state index contributed by atoms with van der Waals surface area (Å²) in [5, 5.41) is 19.9. The van der Waals surface area contributed by atoms with Gasteiger partial charge in [0.1, 0.15) is 0 Å². The van der Waals surface area contributed by atoms with Gasteiger partial charge in [-0.2, -0.15) is 0 Å². The Bertz CT molecular complexity index is 665. The molecular formula is C22H36ClN3O3. The predicted molar refractivity (Wildman–Crippen MR) is 117 cm³/mol. The molecular weight excluding hydrogens is 390 g/mol. The number of piperidine rings is 1. The number of phenols is 1. The third-order valence-corrected chi connectivity index (χ3v) is 6.78. The Kier molecular flexibility index (Phi) is 8.05. The standard InChI is InChI=1S/C22H36ClN3O3/c1-16(2)25-7-4-18(5-8-25)26-10-9-24(15-19(26)6-11-27)14-17-12-20(23)22(28)21(13-17)29-3/h12-13,16,18-19,27-28H,4-11,14-15H2,1-3H3. The van der Waals surface area contributed by atoms with Gasteiger partial charge in [-0.3, -0.25) is 9.80 Å². The highest BCUT2D eigenvalue weighted by molar-refractivity contribution is 6.32. The van der Waals surface area contributed by atoms with Crippen LogP contribution in [0.1, 0.15) is 38.7 Å². The fourth-order valence-corrected chi connectivity index (χ4v) is 5.06. The number of hydrogen-bond donors (Lipinski definition) is 2. The number of aromatic hydroxyl groups is 1. The molecule has 164 valence electrons. The van der Waals surface area contributed by atoms with Crippen LogP contribution < -0.4 is 4.74 Å². The van der Waals surface area contributed by atoms with Crippen molar-refractivity contribution in [3.8, 4) is 11.5 Å². The average Bonchev–Trinajstić information content (AvgIpc) is 2.71. The number of aliphatic hydroxyl groups excluding tert-OH is 1. The zero-order chi connectivity index (χ0) is 21.0. The van der Waals surface area contributed by atoms with Crippen LogP contribution in [0.25, 0.3) is 0 Å². The van der Waals surface area contributed by atoms with E-state index in [1.54, 1.807) is 0 Å². The van der Waals surface area contributed by atoms with Crippen LogP contribution >= 0.6 is 11.6 Å². The minimum atomic E-state index is -0.00590. The number of piperazine rings is 1. The maximum Gasteiger partial charge on any atom is 0.176 e. The average molecular weight is 426 g/mol. The van der Waals surface area contributed by atoms with Gasteiger partial charge < -0.3 is 19.8 Å². The van der Waals surface area contributed by atoms with Gasteiger partial charge in [0.25, 0.3) is 0 Å². The summed E-state index contributed by atoms with van der Waals surface area (Å²) in [6.45, 7) is 10.8. The summed E-state index contributed by atoms with van der Waals surface area (Å²) in [5.41, 5.74) is 1.03. The highest BCUT2D eigenvalue weighted by atomic mass is 35.5. The Hall–Kier alpha value is -1.05. The van der Waals surface area contributed by atoms with Gasteiger partial charge in [-0.05, 0) is 63.9 Å². The molecule has 1 aromatic carbocycles. The predicted octanol–water partition coefficient (Wildman–Crippen LogP) is 2.80. The van der Waals surface area contributed by atoms with E-state index in [4.69, 9.17) is 16.3 Å². The summed E-state index contributed by atoms with van der Waals surface area (Å²) in [5.74, 6) is 0.406. The molecule has 3 rings (SSSR count). The van der Waals surface area contributed by atoms with Crippen LogP contribution in [0, 0.1) is 0 Å². The fourth-order valence-electron chi connectivity index (χ4n) is 4.83. The Morgan fingerprint density at radius 1 is 1.17 bits per heavy atom. The van der Waals surface area contributed by atoms with Gasteiger partial charge in [-0.15, -0.1) is 0 Å². The lowest BCUT2D eigenvalue weighted by Gasteiger charge is -2.48. The summed E-state index contributed by atoms with van der Waals surface area (Å²) in [6, 6.07) is 5.28. The molecule has 2 N–H and O–H groups in total. The van der Waals surface area contributed by atoms with E-state index in [9.17, 15) is 10.2 Å². The summed E-state index contributed by atoms with van der Waals surface area (Å²) in [7, 11) is 1.54. The lowest BCUT2D eigenvalue weighted by molar-refractivity contribution is -0.0000435. The van der Waals surface area contributed by atoms with Crippen molar-refractivity contribution in [2.75, 3.05) is 46.4 Å². The van der Waals surface area contributed by atoms with E-state index in [0.29, 0.717) is 28.9 Å². The normalized spacial score (nSPS) is 23.0. The van der Waals surface area contributed by atoms with Crippen molar-refractivity contribution in [1.82, 2.24) is 14.7 Å². The van der Waals surface area contributed by atoms with Crippen molar-refractivity contribution in [3.05, 3.63) is 22.7 Å². The number of rotatable bonds is 7. The second kappa shape index (κ2) is 10.3. The van der Waals surface area contributed by atoms with Gasteiger partial charge >= 0.3 is 0 Å². The number of nitrogens with zero attached hydrogens (tertiary/aromatic N) is 3. The van der Waals surface area contributed by atoms with Crippen LogP contribution in [-0.4, -0.2) is 89.5 Å². The van der Waals surface area contributed by atoms with Crippen LogP contribution in [0.5, 0.6) is 11.5 Å². The lowest BCUT2D eigenvalue weighted by atomic mass is 9.97. The molecule has 6 nitrogen and oxygen atoms in total. The van der Waals surface area contributed by atoms with Crippen molar-refractivity contribution in [2.45, 2.75) is 57.8 Å². The largest absolute Gasteiger partial charge is 0.503 e. The molecule has 0 saturated carbocycles. The SMILES string of the molecule is COc1cc(CN2CCN(C3CCN(C(C)C)CC3)C(CCO)C2)cc(Cl)c1O. The molecule has 0 amide bonds. The molecule has 2 aliphatic heterocycles. The van der Waals surface area contributed by atoms with Crippen molar-refractivity contribution >= 4 is 11.6 Å². The van der Waals surface area contributed by atoms with Gasteiger partial charge in [0.15, 0.2) is 11.5 Å². The summed E-state index contributed by atoms with van der Waals surface area (Å²) < 4.78 is 5.24. The zero-order valence-corrected chi connectivity index (χ0v) is 18.7. The summed E-state index contributed by atoms with van der Waals surface area (Å²) >= 11 is 6.16. The first-order valence-corrected chi connectivity index (χ1v) is 11.2. The molecule has 7 heteroatoms. The molecule has 0 aromatic heterocycles. The Balaban J connectivity index is 1.62. The summed E-state index contributed by atoms with van der Waals surface area (Å²) in [4.78, 5) is 7.63. The molecule has 0 spiro atoms. The van der Waals surface area contributed by atoms with Crippen molar-refractivity contribution in [3.63, 3.8) is 0 Å². The van der Waals surface area contributed by atoms with Crippen molar-refractivity contribution in [1.29, 1.82) is 0 Å². The first kappa shape index (κ1) is 22.6. The van der Waals surface area contributed by atoms with Crippen molar-refractivity contribution < 1.29 is 14.9 Å². The van der Waals surface area contributed by atoms with E-state index in [1.165, 1.54) is 33.0 Å². The molecule has 2 heterocycles. The van der Waals surface area contributed by atoms with E-state index in [2.05, 4.69) is 28.5 Å². The monoisotopic (exact) mass is 425 g/mol. The van der Waals surface area contributed by atoms with Gasteiger partial charge in [-0.1, -0.05) is 11.6 Å². The minimum Gasteiger partial charge on any atom is -0.503 e. The maximum absolute atomic E-state index is 9.96. The third kappa shape index (κ3) is 5.56. The Morgan fingerprint density at radius 3 is 2.52 bits per heavy atom. The number of hydrogen-bond acceptors (Lipinski definition) is 6. The number of ether oxygens (including phenoxy) is 1.